The second kappa shape index (κ2) is 9.28. The van der Waals surface area contributed by atoms with Crippen LogP contribution in [-0.2, 0) is 9.53 Å². The van der Waals surface area contributed by atoms with Crippen molar-refractivity contribution in [2.75, 3.05) is 39.9 Å². The highest BCUT2D eigenvalue weighted by Gasteiger charge is 2.26. The Morgan fingerprint density at radius 2 is 2.32 bits per heavy atom. The van der Waals surface area contributed by atoms with E-state index in [-0.39, 0.29) is 11.9 Å². The summed E-state index contributed by atoms with van der Waals surface area (Å²) in [5, 5.41) is 6.46. The van der Waals surface area contributed by atoms with Crippen molar-refractivity contribution in [3.8, 4) is 0 Å². The first kappa shape index (κ1) is 16.4. The van der Waals surface area contributed by atoms with Crippen LogP contribution in [0.5, 0.6) is 0 Å². The van der Waals surface area contributed by atoms with Crippen molar-refractivity contribution in [2.24, 2.45) is 0 Å². The van der Waals surface area contributed by atoms with Crippen LogP contribution < -0.4 is 10.6 Å². The van der Waals surface area contributed by atoms with Gasteiger partial charge in [0.1, 0.15) is 0 Å². The van der Waals surface area contributed by atoms with Gasteiger partial charge in [0.15, 0.2) is 0 Å². The Morgan fingerprint density at radius 1 is 1.53 bits per heavy atom. The molecule has 2 N–H and O–H groups in total. The highest BCUT2D eigenvalue weighted by Crippen LogP contribution is 2.13. The molecule has 5 heteroatoms. The number of likely N-dealkylation sites (N-methyl/N-ethyl adjacent to an activating group) is 1. The molecule has 0 aromatic carbocycles. The number of carbonyl (C=O) groups is 1. The van der Waals surface area contributed by atoms with Crippen molar-refractivity contribution in [3.63, 3.8) is 0 Å². The maximum absolute atomic E-state index is 12.1. The fourth-order valence-corrected chi connectivity index (χ4v) is 2.56. The van der Waals surface area contributed by atoms with Crippen molar-refractivity contribution in [1.29, 1.82) is 0 Å². The number of nitrogens with one attached hydrogen (secondary N) is 2. The third-order valence-corrected chi connectivity index (χ3v) is 3.70. The van der Waals surface area contributed by atoms with Crippen LogP contribution in [0.3, 0.4) is 0 Å². The van der Waals surface area contributed by atoms with Crippen molar-refractivity contribution in [2.45, 2.75) is 45.2 Å². The summed E-state index contributed by atoms with van der Waals surface area (Å²) in [5.74, 6) is 0.133. The van der Waals surface area contributed by atoms with Crippen molar-refractivity contribution < 1.29 is 9.53 Å². The van der Waals surface area contributed by atoms with E-state index in [9.17, 15) is 4.79 Å². The molecular weight excluding hydrogens is 242 g/mol. The molecule has 2 unspecified atom stereocenters. The summed E-state index contributed by atoms with van der Waals surface area (Å²) >= 11 is 0. The first-order chi connectivity index (χ1) is 9.19. The molecule has 1 rings (SSSR count). The van der Waals surface area contributed by atoms with E-state index in [1.54, 1.807) is 7.11 Å². The second-order valence-electron chi connectivity index (χ2n) is 5.21. The van der Waals surface area contributed by atoms with Gasteiger partial charge in [-0.05, 0) is 39.3 Å². The summed E-state index contributed by atoms with van der Waals surface area (Å²) in [5.41, 5.74) is 0. The third-order valence-electron chi connectivity index (χ3n) is 3.70. The van der Waals surface area contributed by atoms with E-state index in [4.69, 9.17) is 4.74 Å². The standard InChI is InChI=1S/C14H29N3O2/c1-4-15-13-7-5-9-17(11-13)12(2)14(18)16-8-6-10-19-3/h12-13,15H,4-11H2,1-3H3,(H,16,18). The van der Waals surface area contributed by atoms with E-state index in [2.05, 4.69) is 22.5 Å². The van der Waals surface area contributed by atoms with E-state index in [1.165, 1.54) is 12.8 Å². The van der Waals surface area contributed by atoms with E-state index < -0.39 is 0 Å². The van der Waals surface area contributed by atoms with E-state index >= 15 is 0 Å². The molecule has 1 aliphatic heterocycles. The Hall–Kier alpha value is -0.650. The van der Waals surface area contributed by atoms with Gasteiger partial charge in [-0.2, -0.15) is 0 Å². The Morgan fingerprint density at radius 3 is 3.00 bits per heavy atom. The van der Waals surface area contributed by atoms with Gasteiger partial charge in [-0.15, -0.1) is 0 Å². The number of hydrogen-bond donors (Lipinski definition) is 2. The maximum atomic E-state index is 12.1. The van der Waals surface area contributed by atoms with Crippen LogP contribution in [0.25, 0.3) is 0 Å². The molecular formula is C14H29N3O2. The van der Waals surface area contributed by atoms with Crippen LogP contribution in [-0.4, -0.2) is 62.8 Å². The lowest BCUT2D eigenvalue weighted by Crippen LogP contribution is -2.53. The molecule has 0 radical (unpaired) electrons. The van der Waals surface area contributed by atoms with Crippen LogP contribution >= 0.6 is 0 Å². The second-order valence-corrected chi connectivity index (χ2v) is 5.21. The summed E-state index contributed by atoms with van der Waals surface area (Å²) in [6.45, 7) is 8.51. The van der Waals surface area contributed by atoms with Crippen molar-refractivity contribution in [3.05, 3.63) is 0 Å². The molecule has 0 spiro atoms. The molecule has 1 amide bonds. The van der Waals surface area contributed by atoms with Gasteiger partial charge in [-0.3, -0.25) is 9.69 Å². The monoisotopic (exact) mass is 271 g/mol. The van der Waals surface area contributed by atoms with E-state index in [0.29, 0.717) is 19.2 Å². The fraction of sp³-hybridized carbons (Fsp3) is 0.929. The van der Waals surface area contributed by atoms with Crippen molar-refractivity contribution >= 4 is 5.91 Å². The molecule has 19 heavy (non-hydrogen) atoms. The number of likely N-dealkylation sites (tertiary alicyclic amines) is 1. The minimum Gasteiger partial charge on any atom is -0.385 e. The van der Waals surface area contributed by atoms with Crippen LogP contribution in [0.1, 0.15) is 33.1 Å². The fourth-order valence-electron chi connectivity index (χ4n) is 2.56. The third kappa shape index (κ3) is 5.89. The first-order valence-electron chi connectivity index (χ1n) is 7.43. The van der Waals surface area contributed by atoms with Crippen LogP contribution in [0.15, 0.2) is 0 Å². The number of amides is 1. The van der Waals surface area contributed by atoms with Crippen LogP contribution in [0.4, 0.5) is 0 Å². The van der Waals surface area contributed by atoms with Crippen LogP contribution in [0.2, 0.25) is 0 Å². The van der Waals surface area contributed by atoms with Gasteiger partial charge in [-0.1, -0.05) is 6.92 Å². The molecule has 0 aromatic heterocycles. The van der Waals surface area contributed by atoms with Crippen LogP contribution in [0, 0.1) is 0 Å². The van der Waals surface area contributed by atoms with Gasteiger partial charge >= 0.3 is 0 Å². The van der Waals surface area contributed by atoms with E-state index in [1.807, 2.05) is 6.92 Å². The zero-order valence-corrected chi connectivity index (χ0v) is 12.6. The summed E-state index contributed by atoms with van der Waals surface area (Å²) in [6, 6.07) is 0.492. The Labute approximate surface area is 117 Å². The molecule has 0 saturated carbocycles. The number of piperidine rings is 1. The number of nitrogens with zero attached hydrogens (tertiary/aromatic N) is 1. The number of rotatable bonds is 8. The number of methoxy groups -OCH3 is 1. The number of carbonyl (C=O) groups excluding carboxylic acids is 1. The molecule has 1 aliphatic rings. The average Bonchev–Trinajstić information content (AvgIpc) is 2.43. The molecule has 112 valence electrons. The van der Waals surface area contributed by atoms with Crippen molar-refractivity contribution in [1.82, 2.24) is 15.5 Å². The first-order valence-corrected chi connectivity index (χ1v) is 7.43. The predicted octanol–water partition coefficient (Wildman–Crippen LogP) is 0.602. The minimum absolute atomic E-state index is 0.0380. The molecule has 1 fully saturated rings. The average molecular weight is 271 g/mol. The quantitative estimate of drug-likeness (QED) is 0.635. The van der Waals surface area contributed by atoms with Gasteiger partial charge in [0, 0.05) is 32.8 Å². The highest BCUT2D eigenvalue weighted by atomic mass is 16.5. The lowest BCUT2D eigenvalue weighted by molar-refractivity contribution is -0.126. The predicted molar refractivity (Wildman–Crippen MR) is 77.2 cm³/mol. The molecule has 1 saturated heterocycles. The molecule has 0 bridgehead atoms. The van der Waals surface area contributed by atoms with Gasteiger partial charge in [0.05, 0.1) is 6.04 Å². The SMILES string of the molecule is CCNC1CCCN(C(C)C(=O)NCCCOC)C1. The molecule has 0 aromatic rings. The zero-order chi connectivity index (χ0) is 14.1. The van der Waals surface area contributed by atoms with Gasteiger partial charge in [0.2, 0.25) is 5.91 Å². The number of ether oxygens (including phenoxy) is 1. The largest absolute Gasteiger partial charge is 0.385 e. The Balaban J connectivity index is 2.30. The lowest BCUT2D eigenvalue weighted by atomic mass is 10.0. The maximum Gasteiger partial charge on any atom is 0.237 e. The van der Waals surface area contributed by atoms with E-state index in [0.717, 1.165) is 26.1 Å². The highest BCUT2D eigenvalue weighted by molar-refractivity contribution is 5.81. The summed E-state index contributed by atoms with van der Waals surface area (Å²) in [7, 11) is 1.68. The summed E-state index contributed by atoms with van der Waals surface area (Å²) in [6.07, 6.45) is 3.25. The molecule has 2 atom stereocenters. The summed E-state index contributed by atoms with van der Waals surface area (Å²) in [4.78, 5) is 14.3. The molecule has 0 aliphatic carbocycles. The Kier molecular flexibility index (Phi) is 8.02. The lowest BCUT2D eigenvalue weighted by Gasteiger charge is -2.36. The zero-order valence-electron chi connectivity index (χ0n) is 12.6. The molecule has 1 heterocycles. The van der Waals surface area contributed by atoms with Gasteiger partial charge in [0.25, 0.3) is 0 Å². The number of hydrogen-bond acceptors (Lipinski definition) is 4. The normalized spacial score (nSPS) is 22.2. The molecule has 5 nitrogen and oxygen atoms in total. The minimum atomic E-state index is -0.0380. The topological polar surface area (TPSA) is 53.6 Å². The van der Waals surface area contributed by atoms with Gasteiger partial charge < -0.3 is 15.4 Å². The summed E-state index contributed by atoms with van der Waals surface area (Å²) < 4.78 is 4.97. The smallest absolute Gasteiger partial charge is 0.237 e. The Bertz CT molecular complexity index is 259. The van der Waals surface area contributed by atoms with Gasteiger partial charge in [-0.25, -0.2) is 0 Å².